The topological polar surface area (TPSA) is 27.7 Å². The van der Waals surface area contributed by atoms with Gasteiger partial charge in [-0.1, -0.05) is 12.2 Å². The lowest BCUT2D eigenvalue weighted by atomic mass is 9.78. The monoisotopic (exact) mass is 596 g/mol. The van der Waals surface area contributed by atoms with E-state index in [0.29, 0.717) is 62.0 Å². The Hall–Kier alpha value is -2.14. The van der Waals surface area contributed by atoms with Crippen LogP contribution in [-0.2, 0) is 15.7 Å². The quantitative estimate of drug-likeness (QED) is 0.210. The molecule has 3 aliphatic rings. The molecule has 1 saturated heterocycles. The molecular formula is C30H36F8O3. The molecule has 3 fully saturated rings. The van der Waals surface area contributed by atoms with Crippen LogP contribution in [-0.4, -0.2) is 32.3 Å². The summed E-state index contributed by atoms with van der Waals surface area (Å²) in [7, 11) is 0. The normalized spacial score (nSPS) is 30.7. The predicted octanol–water partition coefficient (Wildman–Crippen LogP) is 9.35. The van der Waals surface area contributed by atoms with E-state index < -0.39 is 66.6 Å². The molecule has 2 saturated carbocycles. The van der Waals surface area contributed by atoms with E-state index in [4.69, 9.17) is 9.47 Å². The third kappa shape index (κ3) is 8.69. The van der Waals surface area contributed by atoms with Crippen molar-refractivity contribution < 1.29 is 49.3 Å². The van der Waals surface area contributed by atoms with Crippen molar-refractivity contribution >= 4 is 0 Å². The van der Waals surface area contributed by atoms with Crippen molar-refractivity contribution in [3.63, 3.8) is 0 Å². The molecule has 0 atom stereocenters. The summed E-state index contributed by atoms with van der Waals surface area (Å²) < 4.78 is 124. The number of halogens is 8. The molecule has 0 N–H and O–H groups in total. The molecule has 41 heavy (non-hydrogen) atoms. The first kappa shape index (κ1) is 31.8. The Labute approximate surface area is 234 Å². The molecule has 0 spiro atoms. The first-order valence-corrected chi connectivity index (χ1v) is 14.2. The fourth-order valence-corrected chi connectivity index (χ4v) is 5.85. The first-order chi connectivity index (χ1) is 19.5. The van der Waals surface area contributed by atoms with E-state index in [1.807, 2.05) is 0 Å². The molecule has 0 aromatic heterocycles. The number of allylic oxidation sites excluding steroid dienone is 3. The maximum atomic E-state index is 15.0. The zero-order chi connectivity index (χ0) is 29.6. The van der Waals surface area contributed by atoms with Crippen molar-refractivity contribution in [2.45, 2.75) is 76.4 Å². The summed E-state index contributed by atoms with van der Waals surface area (Å²) in [6.45, 7) is -1.40. The van der Waals surface area contributed by atoms with Crippen LogP contribution in [0.4, 0.5) is 35.1 Å². The van der Waals surface area contributed by atoms with Crippen LogP contribution < -0.4 is 4.74 Å². The molecule has 0 bridgehead atoms. The van der Waals surface area contributed by atoms with Gasteiger partial charge in [-0.2, -0.15) is 22.0 Å². The van der Waals surface area contributed by atoms with Gasteiger partial charge in [-0.05, 0) is 99.8 Å². The van der Waals surface area contributed by atoms with Gasteiger partial charge in [0, 0.05) is 5.92 Å². The zero-order valence-corrected chi connectivity index (χ0v) is 22.7. The second kappa shape index (κ2) is 13.9. The summed E-state index contributed by atoms with van der Waals surface area (Å²) in [5.41, 5.74) is -1.03. The van der Waals surface area contributed by atoms with Gasteiger partial charge in [-0.15, -0.1) is 0 Å². The number of hydrogen-bond donors (Lipinski definition) is 0. The number of alkyl halides is 6. The standard InChI is InChI=1S/C30H36F8O3/c31-16-15-21-5-3-19(4-6-21)1-2-20-7-9-22(10-8-20)26(32)27(33)23-17-39-28(40-18-23)30(37,38)41-25-13-11-24(12-14-25)29(34,35)36/h1-2,11-14,19-23,28H,3-10,15-18H2/b2-1+,27-26+. The first-order valence-electron chi connectivity index (χ1n) is 14.2. The summed E-state index contributed by atoms with van der Waals surface area (Å²) in [5, 5.41) is 0. The number of hydrogen-bond acceptors (Lipinski definition) is 3. The van der Waals surface area contributed by atoms with E-state index in [-0.39, 0.29) is 6.67 Å². The van der Waals surface area contributed by atoms with Gasteiger partial charge >= 0.3 is 12.3 Å². The van der Waals surface area contributed by atoms with E-state index in [1.54, 1.807) is 0 Å². The second-order valence-corrected chi connectivity index (χ2v) is 11.3. The molecule has 2 aliphatic carbocycles. The average Bonchev–Trinajstić information content (AvgIpc) is 2.96. The Morgan fingerprint density at radius 2 is 1.27 bits per heavy atom. The highest BCUT2D eigenvalue weighted by molar-refractivity contribution is 5.29. The Morgan fingerprint density at radius 3 is 1.78 bits per heavy atom. The van der Waals surface area contributed by atoms with Crippen LogP contribution in [0.2, 0.25) is 0 Å². The van der Waals surface area contributed by atoms with Crippen LogP contribution in [0.3, 0.4) is 0 Å². The fraction of sp³-hybridized carbons (Fsp3) is 0.667. The zero-order valence-electron chi connectivity index (χ0n) is 22.7. The van der Waals surface area contributed by atoms with Crippen LogP contribution in [0.5, 0.6) is 5.75 Å². The Kier molecular flexibility index (Phi) is 10.8. The van der Waals surface area contributed by atoms with E-state index in [1.165, 1.54) is 0 Å². The van der Waals surface area contributed by atoms with Crippen molar-refractivity contribution in [3.05, 3.63) is 53.6 Å². The van der Waals surface area contributed by atoms with E-state index in [0.717, 1.165) is 37.8 Å². The minimum atomic E-state index is -4.63. The predicted molar refractivity (Wildman–Crippen MR) is 136 cm³/mol. The van der Waals surface area contributed by atoms with Crippen LogP contribution in [0.1, 0.15) is 63.4 Å². The molecule has 0 radical (unpaired) electrons. The molecule has 0 unspecified atom stereocenters. The Balaban J connectivity index is 1.22. The van der Waals surface area contributed by atoms with Crippen LogP contribution >= 0.6 is 0 Å². The summed E-state index contributed by atoms with van der Waals surface area (Å²) >= 11 is 0. The van der Waals surface area contributed by atoms with Crippen molar-refractivity contribution in [1.29, 1.82) is 0 Å². The second-order valence-electron chi connectivity index (χ2n) is 11.3. The third-order valence-electron chi connectivity index (χ3n) is 8.39. The van der Waals surface area contributed by atoms with Crippen molar-refractivity contribution in [2.24, 2.45) is 29.6 Å². The Bertz CT molecular complexity index is 1020. The van der Waals surface area contributed by atoms with Gasteiger partial charge in [-0.3, -0.25) is 4.39 Å². The third-order valence-corrected chi connectivity index (χ3v) is 8.39. The molecule has 3 nitrogen and oxygen atoms in total. The van der Waals surface area contributed by atoms with Crippen molar-refractivity contribution in [3.8, 4) is 5.75 Å². The summed E-state index contributed by atoms with van der Waals surface area (Å²) in [5.74, 6) is -3.05. The van der Waals surface area contributed by atoms with Gasteiger partial charge in [-0.25, -0.2) is 8.78 Å². The van der Waals surface area contributed by atoms with Crippen molar-refractivity contribution in [2.75, 3.05) is 19.9 Å². The largest absolute Gasteiger partial charge is 0.451 e. The number of ether oxygens (including phenoxy) is 3. The lowest BCUT2D eigenvalue weighted by molar-refractivity contribution is -0.350. The van der Waals surface area contributed by atoms with E-state index >= 15 is 4.39 Å². The van der Waals surface area contributed by atoms with E-state index in [2.05, 4.69) is 16.9 Å². The lowest BCUT2D eigenvalue weighted by Gasteiger charge is -2.33. The minimum absolute atomic E-state index is 0.263. The molecule has 1 heterocycles. The highest BCUT2D eigenvalue weighted by atomic mass is 19.4. The molecule has 230 valence electrons. The van der Waals surface area contributed by atoms with Crippen LogP contribution in [0.25, 0.3) is 0 Å². The van der Waals surface area contributed by atoms with Gasteiger partial charge in [0.15, 0.2) is 0 Å². The highest BCUT2D eigenvalue weighted by Crippen LogP contribution is 2.40. The van der Waals surface area contributed by atoms with E-state index in [9.17, 15) is 30.7 Å². The molecule has 4 rings (SSSR count). The van der Waals surface area contributed by atoms with Gasteiger partial charge in [0.1, 0.15) is 17.4 Å². The van der Waals surface area contributed by atoms with Crippen molar-refractivity contribution in [1.82, 2.24) is 0 Å². The SMILES string of the molecule is FCCC1CCC(/C=C/C2CCC(/C(F)=C(\F)C3COC(C(F)(F)Oc4ccc(C(F)(F)F)cc4)OC3)CC2)CC1. The Morgan fingerprint density at radius 1 is 0.756 bits per heavy atom. The van der Waals surface area contributed by atoms with Crippen LogP contribution in [0.15, 0.2) is 48.1 Å². The summed E-state index contributed by atoms with van der Waals surface area (Å²) in [4.78, 5) is 0. The number of rotatable bonds is 9. The lowest BCUT2D eigenvalue weighted by Crippen LogP contribution is -2.47. The molecule has 0 amide bonds. The highest BCUT2D eigenvalue weighted by Gasteiger charge is 2.48. The van der Waals surface area contributed by atoms with Gasteiger partial charge < -0.3 is 14.2 Å². The molecule has 1 aromatic rings. The summed E-state index contributed by atoms with van der Waals surface area (Å²) in [6, 6.07) is 2.68. The van der Waals surface area contributed by atoms with Gasteiger partial charge in [0.25, 0.3) is 6.29 Å². The minimum Gasteiger partial charge on any atom is -0.429 e. The molecule has 1 aliphatic heterocycles. The average molecular weight is 597 g/mol. The smallest absolute Gasteiger partial charge is 0.429 e. The summed E-state index contributed by atoms with van der Waals surface area (Å²) in [6.07, 6.45) is 0.658. The molecular weight excluding hydrogens is 560 g/mol. The number of benzene rings is 1. The fourth-order valence-electron chi connectivity index (χ4n) is 5.85. The molecule has 1 aromatic carbocycles. The maximum absolute atomic E-state index is 15.0. The van der Waals surface area contributed by atoms with Gasteiger partial charge in [0.2, 0.25) is 0 Å². The maximum Gasteiger partial charge on any atom is 0.451 e. The molecule has 11 heteroatoms. The van der Waals surface area contributed by atoms with Crippen LogP contribution in [0, 0.1) is 29.6 Å². The van der Waals surface area contributed by atoms with Gasteiger partial charge in [0.05, 0.1) is 31.4 Å².